The van der Waals surface area contributed by atoms with Crippen LogP contribution in [0.3, 0.4) is 0 Å². The van der Waals surface area contributed by atoms with Gasteiger partial charge >= 0.3 is 0 Å². The number of halogens is 1. The second-order valence-electron chi connectivity index (χ2n) is 6.35. The van der Waals surface area contributed by atoms with E-state index in [4.69, 9.17) is 16.6 Å². The number of carbonyl (C=O) groups excluding carboxylic acids is 1. The SMILES string of the molecule is Cc1ccc2nc(N(Cc3ccccc3)C(=O)c3cccc(Cl)c3)sc2c1. The summed E-state index contributed by atoms with van der Waals surface area (Å²) in [5, 5.41) is 1.23. The Labute approximate surface area is 166 Å². The van der Waals surface area contributed by atoms with Gasteiger partial charge in [-0.2, -0.15) is 0 Å². The number of nitrogens with zero attached hydrogens (tertiary/aromatic N) is 2. The zero-order valence-electron chi connectivity index (χ0n) is 14.7. The number of rotatable bonds is 4. The van der Waals surface area contributed by atoms with Crippen molar-refractivity contribution in [3.05, 3.63) is 94.5 Å². The molecule has 27 heavy (non-hydrogen) atoms. The van der Waals surface area contributed by atoms with E-state index in [1.165, 1.54) is 16.9 Å². The molecule has 4 aromatic rings. The maximum absolute atomic E-state index is 13.3. The van der Waals surface area contributed by atoms with E-state index in [-0.39, 0.29) is 5.91 Å². The molecule has 0 unspecified atom stereocenters. The van der Waals surface area contributed by atoms with Crippen molar-refractivity contribution in [3.63, 3.8) is 0 Å². The Hall–Kier alpha value is -2.69. The molecular weight excluding hydrogens is 376 g/mol. The Bertz CT molecular complexity index is 1110. The average molecular weight is 393 g/mol. The van der Waals surface area contributed by atoms with E-state index in [9.17, 15) is 4.79 Å². The summed E-state index contributed by atoms with van der Waals surface area (Å²) >= 11 is 7.62. The van der Waals surface area contributed by atoms with E-state index in [1.54, 1.807) is 29.2 Å². The number of anilines is 1. The third kappa shape index (κ3) is 3.87. The van der Waals surface area contributed by atoms with Crippen LogP contribution in [0.5, 0.6) is 0 Å². The number of aromatic nitrogens is 1. The Balaban J connectivity index is 1.77. The van der Waals surface area contributed by atoms with Crippen LogP contribution < -0.4 is 4.90 Å². The van der Waals surface area contributed by atoms with E-state index in [0.29, 0.717) is 22.3 Å². The Morgan fingerprint density at radius 3 is 2.63 bits per heavy atom. The Morgan fingerprint density at radius 2 is 1.85 bits per heavy atom. The van der Waals surface area contributed by atoms with Crippen LogP contribution >= 0.6 is 22.9 Å². The van der Waals surface area contributed by atoms with Crippen LogP contribution in [0.2, 0.25) is 5.02 Å². The van der Waals surface area contributed by atoms with Gasteiger partial charge in [-0.3, -0.25) is 9.69 Å². The van der Waals surface area contributed by atoms with Crippen molar-refractivity contribution in [2.75, 3.05) is 4.90 Å². The van der Waals surface area contributed by atoms with Crippen molar-refractivity contribution in [1.29, 1.82) is 0 Å². The third-order valence-corrected chi connectivity index (χ3v) is 5.54. The molecule has 0 spiro atoms. The number of carbonyl (C=O) groups is 1. The molecule has 1 amide bonds. The highest BCUT2D eigenvalue weighted by molar-refractivity contribution is 7.22. The fourth-order valence-electron chi connectivity index (χ4n) is 2.90. The molecule has 1 aromatic heterocycles. The summed E-state index contributed by atoms with van der Waals surface area (Å²) in [4.78, 5) is 19.7. The summed E-state index contributed by atoms with van der Waals surface area (Å²) in [7, 11) is 0. The van der Waals surface area contributed by atoms with Crippen molar-refractivity contribution in [2.45, 2.75) is 13.5 Å². The van der Waals surface area contributed by atoms with E-state index in [1.807, 2.05) is 42.5 Å². The number of hydrogen-bond acceptors (Lipinski definition) is 3. The van der Waals surface area contributed by atoms with Gasteiger partial charge in [0, 0.05) is 10.6 Å². The molecule has 0 radical (unpaired) electrons. The normalized spacial score (nSPS) is 10.9. The number of amides is 1. The first-order chi connectivity index (χ1) is 13.1. The lowest BCUT2D eigenvalue weighted by Crippen LogP contribution is -2.30. The molecule has 0 atom stereocenters. The number of fused-ring (bicyclic) bond motifs is 1. The van der Waals surface area contributed by atoms with Crippen molar-refractivity contribution >= 4 is 44.2 Å². The molecular formula is C22H17ClN2OS. The van der Waals surface area contributed by atoms with Crippen molar-refractivity contribution in [3.8, 4) is 0 Å². The maximum atomic E-state index is 13.3. The minimum atomic E-state index is -0.114. The standard InChI is InChI=1S/C22H17ClN2OS/c1-15-10-11-19-20(12-15)27-22(24-19)25(14-16-6-3-2-4-7-16)21(26)17-8-5-9-18(23)13-17/h2-13H,14H2,1H3. The van der Waals surface area contributed by atoms with Crippen LogP contribution in [0.4, 0.5) is 5.13 Å². The van der Waals surface area contributed by atoms with Crippen molar-refractivity contribution < 1.29 is 4.79 Å². The van der Waals surface area contributed by atoms with E-state index in [2.05, 4.69) is 13.0 Å². The summed E-state index contributed by atoms with van der Waals surface area (Å²) in [6, 6.07) is 23.1. The second-order valence-corrected chi connectivity index (χ2v) is 7.80. The molecule has 0 aliphatic carbocycles. The van der Waals surface area contributed by atoms with Crippen LogP contribution in [0, 0.1) is 6.92 Å². The maximum Gasteiger partial charge on any atom is 0.260 e. The molecule has 0 saturated carbocycles. The van der Waals surface area contributed by atoms with Gasteiger partial charge in [0.25, 0.3) is 5.91 Å². The summed E-state index contributed by atoms with van der Waals surface area (Å²) in [5.74, 6) is -0.114. The molecule has 0 aliphatic heterocycles. The predicted octanol–water partition coefficient (Wildman–Crippen LogP) is 6.11. The van der Waals surface area contributed by atoms with E-state index >= 15 is 0 Å². The molecule has 5 heteroatoms. The van der Waals surface area contributed by atoms with Crippen molar-refractivity contribution in [2.24, 2.45) is 0 Å². The van der Waals surface area contributed by atoms with Crippen LogP contribution in [-0.4, -0.2) is 10.9 Å². The summed E-state index contributed by atoms with van der Waals surface area (Å²) in [6.07, 6.45) is 0. The molecule has 3 aromatic carbocycles. The summed E-state index contributed by atoms with van der Waals surface area (Å²) in [6.45, 7) is 2.50. The average Bonchev–Trinajstić information content (AvgIpc) is 3.09. The zero-order valence-corrected chi connectivity index (χ0v) is 16.3. The minimum absolute atomic E-state index is 0.114. The Kier molecular flexibility index (Phi) is 4.92. The van der Waals surface area contributed by atoms with Gasteiger partial charge in [0.05, 0.1) is 16.8 Å². The highest BCUT2D eigenvalue weighted by atomic mass is 35.5. The lowest BCUT2D eigenvalue weighted by molar-refractivity contribution is 0.0985. The lowest BCUT2D eigenvalue weighted by Gasteiger charge is -2.20. The molecule has 0 fully saturated rings. The first-order valence-corrected chi connectivity index (χ1v) is 9.78. The molecule has 0 bridgehead atoms. The van der Waals surface area contributed by atoms with Crippen LogP contribution in [0.1, 0.15) is 21.5 Å². The van der Waals surface area contributed by atoms with Gasteiger partial charge < -0.3 is 0 Å². The second kappa shape index (κ2) is 7.51. The van der Waals surface area contributed by atoms with Gasteiger partial charge in [0.2, 0.25) is 0 Å². The summed E-state index contributed by atoms with van der Waals surface area (Å²) in [5.41, 5.74) is 3.67. The lowest BCUT2D eigenvalue weighted by atomic mass is 10.1. The van der Waals surface area contributed by atoms with Gasteiger partial charge in [-0.05, 0) is 48.4 Å². The minimum Gasteiger partial charge on any atom is -0.279 e. The molecule has 3 nitrogen and oxygen atoms in total. The molecule has 1 heterocycles. The van der Waals surface area contributed by atoms with Gasteiger partial charge in [0.15, 0.2) is 5.13 Å². The fourth-order valence-corrected chi connectivity index (χ4v) is 4.16. The molecule has 0 N–H and O–H groups in total. The predicted molar refractivity (Wildman–Crippen MR) is 113 cm³/mol. The highest BCUT2D eigenvalue weighted by Crippen LogP contribution is 2.31. The molecule has 4 rings (SSSR count). The largest absolute Gasteiger partial charge is 0.279 e. The molecule has 0 saturated heterocycles. The summed E-state index contributed by atoms with van der Waals surface area (Å²) < 4.78 is 1.07. The van der Waals surface area contributed by atoms with Gasteiger partial charge in [-0.1, -0.05) is 65.4 Å². The highest BCUT2D eigenvalue weighted by Gasteiger charge is 2.22. The Morgan fingerprint density at radius 1 is 1.04 bits per heavy atom. The van der Waals surface area contributed by atoms with Gasteiger partial charge in [-0.15, -0.1) is 0 Å². The molecule has 0 aliphatic rings. The number of benzene rings is 3. The fraction of sp³-hybridized carbons (Fsp3) is 0.0909. The van der Waals surface area contributed by atoms with E-state index < -0.39 is 0 Å². The zero-order chi connectivity index (χ0) is 18.8. The number of thiazole rings is 1. The monoisotopic (exact) mass is 392 g/mol. The van der Waals surface area contributed by atoms with E-state index in [0.717, 1.165) is 15.8 Å². The van der Waals surface area contributed by atoms with Gasteiger partial charge in [0.1, 0.15) is 0 Å². The van der Waals surface area contributed by atoms with Gasteiger partial charge in [-0.25, -0.2) is 4.98 Å². The van der Waals surface area contributed by atoms with Crippen LogP contribution in [0.15, 0.2) is 72.8 Å². The third-order valence-electron chi connectivity index (χ3n) is 4.26. The number of hydrogen-bond donors (Lipinski definition) is 0. The quantitative estimate of drug-likeness (QED) is 0.420. The first-order valence-electron chi connectivity index (χ1n) is 8.59. The molecule has 134 valence electrons. The number of aryl methyl sites for hydroxylation is 1. The topological polar surface area (TPSA) is 33.2 Å². The smallest absolute Gasteiger partial charge is 0.260 e. The van der Waals surface area contributed by atoms with Crippen LogP contribution in [-0.2, 0) is 6.54 Å². The first kappa shape index (κ1) is 17.7. The van der Waals surface area contributed by atoms with Crippen molar-refractivity contribution in [1.82, 2.24) is 4.98 Å². The van der Waals surface area contributed by atoms with Crippen LogP contribution in [0.25, 0.3) is 10.2 Å².